The van der Waals surface area contributed by atoms with Crippen molar-refractivity contribution in [2.24, 2.45) is 0 Å². The summed E-state index contributed by atoms with van der Waals surface area (Å²) in [5.74, 6) is 1.45. The van der Waals surface area contributed by atoms with Crippen LogP contribution in [0.25, 0.3) is 6.08 Å². The molecule has 0 fully saturated rings. The van der Waals surface area contributed by atoms with Crippen LogP contribution in [0.4, 0.5) is 0 Å². The van der Waals surface area contributed by atoms with Crippen LogP contribution in [0, 0.1) is 6.92 Å². The minimum atomic E-state index is -0.491. The van der Waals surface area contributed by atoms with Gasteiger partial charge in [0.05, 0.1) is 19.8 Å². The SMILES string of the molecule is COc1ccc(/C=C2\Oc3c(ccc(OCC(=O)OCc4ccccc4)c3C)C2=O)cc1OC. The monoisotopic (exact) mass is 460 g/mol. The molecule has 0 amide bonds. The molecule has 0 aliphatic carbocycles. The van der Waals surface area contributed by atoms with Crippen molar-refractivity contribution in [3.63, 3.8) is 0 Å². The van der Waals surface area contributed by atoms with Crippen LogP contribution in [-0.4, -0.2) is 32.6 Å². The van der Waals surface area contributed by atoms with E-state index in [0.717, 1.165) is 11.1 Å². The summed E-state index contributed by atoms with van der Waals surface area (Å²) in [6, 6.07) is 18.0. The van der Waals surface area contributed by atoms with Crippen LogP contribution in [0.5, 0.6) is 23.0 Å². The van der Waals surface area contributed by atoms with E-state index in [4.69, 9.17) is 23.7 Å². The molecule has 7 nitrogen and oxygen atoms in total. The Hall–Kier alpha value is -4.26. The molecule has 0 saturated carbocycles. The van der Waals surface area contributed by atoms with Gasteiger partial charge in [0.1, 0.15) is 18.1 Å². The standard InChI is InChI=1S/C27H24O7/c1-17-21(32-16-25(28)33-15-18-7-5-4-6-8-18)12-10-20-26(29)24(34-27(17)20)14-19-9-11-22(30-2)23(13-19)31-3/h4-14H,15-16H2,1-3H3/b24-14-. The number of carbonyl (C=O) groups is 2. The fourth-order valence-corrected chi connectivity index (χ4v) is 3.53. The highest BCUT2D eigenvalue weighted by Gasteiger charge is 2.30. The molecular weight excluding hydrogens is 436 g/mol. The summed E-state index contributed by atoms with van der Waals surface area (Å²) < 4.78 is 27.3. The van der Waals surface area contributed by atoms with Crippen LogP contribution in [-0.2, 0) is 16.1 Å². The van der Waals surface area contributed by atoms with Crippen LogP contribution >= 0.6 is 0 Å². The lowest BCUT2D eigenvalue weighted by Gasteiger charge is -2.11. The van der Waals surface area contributed by atoms with E-state index in [1.165, 1.54) is 0 Å². The lowest BCUT2D eigenvalue weighted by molar-refractivity contribution is -0.147. The zero-order valence-electron chi connectivity index (χ0n) is 19.1. The zero-order valence-corrected chi connectivity index (χ0v) is 19.1. The third kappa shape index (κ3) is 4.88. The molecule has 0 saturated heterocycles. The van der Waals surface area contributed by atoms with Gasteiger partial charge in [-0.1, -0.05) is 36.4 Å². The van der Waals surface area contributed by atoms with Crippen molar-refractivity contribution in [1.29, 1.82) is 0 Å². The predicted octanol–water partition coefficient (Wildman–Crippen LogP) is 4.75. The maximum absolute atomic E-state index is 12.9. The molecule has 0 atom stereocenters. The summed E-state index contributed by atoms with van der Waals surface area (Å²) in [6.07, 6.45) is 1.64. The molecule has 1 heterocycles. The van der Waals surface area contributed by atoms with Crippen molar-refractivity contribution in [3.05, 3.63) is 88.7 Å². The van der Waals surface area contributed by atoms with Gasteiger partial charge in [-0.2, -0.15) is 0 Å². The van der Waals surface area contributed by atoms with Gasteiger partial charge in [-0.25, -0.2) is 4.79 Å². The minimum absolute atomic E-state index is 0.175. The largest absolute Gasteiger partial charge is 0.493 e. The smallest absolute Gasteiger partial charge is 0.344 e. The van der Waals surface area contributed by atoms with Crippen LogP contribution in [0.2, 0.25) is 0 Å². The average Bonchev–Trinajstić information content (AvgIpc) is 3.18. The van der Waals surface area contributed by atoms with Gasteiger partial charge in [-0.05, 0) is 48.4 Å². The summed E-state index contributed by atoms with van der Waals surface area (Å²) in [4.78, 5) is 24.9. The number of methoxy groups -OCH3 is 2. The van der Waals surface area contributed by atoms with Crippen molar-refractivity contribution < 1.29 is 33.3 Å². The summed E-state index contributed by atoms with van der Waals surface area (Å²) >= 11 is 0. The molecule has 1 aliphatic rings. The molecule has 3 aromatic rings. The number of rotatable bonds is 8. The summed E-state index contributed by atoms with van der Waals surface area (Å²) in [5, 5.41) is 0. The maximum atomic E-state index is 12.9. The highest BCUT2D eigenvalue weighted by Crippen LogP contribution is 2.39. The number of allylic oxidation sites excluding steroid dienone is 1. The molecule has 7 heteroatoms. The van der Waals surface area contributed by atoms with E-state index >= 15 is 0 Å². The Morgan fingerprint density at radius 2 is 1.68 bits per heavy atom. The second-order valence-electron chi connectivity index (χ2n) is 7.55. The van der Waals surface area contributed by atoms with Crippen molar-refractivity contribution in [1.82, 2.24) is 0 Å². The molecule has 174 valence electrons. The molecule has 0 aromatic heterocycles. The van der Waals surface area contributed by atoms with Crippen LogP contribution in [0.3, 0.4) is 0 Å². The zero-order chi connectivity index (χ0) is 24.1. The summed E-state index contributed by atoms with van der Waals surface area (Å²) in [7, 11) is 3.10. The van der Waals surface area contributed by atoms with Gasteiger partial charge in [-0.15, -0.1) is 0 Å². The number of hydrogen-bond acceptors (Lipinski definition) is 7. The fourth-order valence-electron chi connectivity index (χ4n) is 3.53. The number of benzene rings is 3. The quantitative estimate of drug-likeness (QED) is 0.354. The van der Waals surface area contributed by atoms with Gasteiger partial charge >= 0.3 is 5.97 Å². The number of Topliss-reactive ketones (excluding diaryl/α,β-unsaturated/α-hetero) is 1. The van der Waals surface area contributed by atoms with Crippen molar-refractivity contribution in [3.8, 4) is 23.0 Å². The average molecular weight is 460 g/mol. The third-order valence-corrected chi connectivity index (χ3v) is 5.33. The van der Waals surface area contributed by atoms with Gasteiger partial charge in [0.25, 0.3) is 0 Å². The number of fused-ring (bicyclic) bond motifs is 1. The van der Waals surface area contributed by atoms with E-state index in [-0.39, 0.29) is 24.8 Å². The van der Waals surface area contributed by atoms with Gasteiger partial charge in [0.15, 0.2) is 23.9 Å². The molecule has 1 aliphatic heterocycles. The van der Waals surface area contributed by atoms with Gasteiger partial charge < -0.3 is 23.7 Å². The third-order valence-electron chi connectivity index (χ3n) is 5.33. The molecule has 0 N–H and O–H groups in total. The summed E-state index contributed by atoms with van der Waals surface area (Å²) in [5.41, 5.74) is 2.68. The van der Waals surface area contributed by atoms with Crippen LogP contribution in [0.1, 0.15) is 27.0 Å². The van der Waals surface area contributed by atoms with Gasteiger partial charge in [0, 0.05) is 5.56 Å². The maximum Gasteiger partial charge on any atom is 0.344 e. The molecule has 0 radical (unpaired) electrons. The molecule has 34 heavy (non-hydrogen) atoms. The van der Waals surface area contributed by atoms with Gasteiger partial charge in [0.2, 0.25) is 5.78 Å². The first-order valence-corrected chi connectivity index (χ1v) is 10.6. The van der Waals surface area contributed by atoms with Crippen molar-refractivity contribution in [2.75, 3.05) is 20.8 Å². The van der Waals surface area contributed by atoms with E-state index in [0.29, 0.717) is 34.1 Å². The number of carbonyl (C=O) groups excluding carboxylic acids is 2. The Bertz CT molecular complexity index is 1250. The highest BCUT2D eigenvalue weighted by molar-refractivity contribution is 6.15. The highest BCUT2D eigenvalue weighted by atomic mass is 16.6. The number of hydrogen-bond donors (Lipinski definition) is 0. The normalized spacial score (nSPS) is 13.3. The van der Waals surface area contributed by atoms with E-state index in [1.807, 2.05) is 30.3 Å². The lowest BCUT2D eigenvalue weighted by Crippen LogP contribution is -2.15. The van der Waals surface area contributed by atoms with E-state index in [9.17, 15) is 9.59 Å². The molecule has 0 unspecified atom stereocenters. The molecule has 0 spiro atoms. The van der Waals surface area contributed by atoms with Gasteiger partial charge in [-0.3, -0.25) is 4.79 Å². The Labute approximate surface area is 197 Å². The first-order valence-electron chi connectivity index (χ1n) is 10.6. The second kappa shape index (κ2) is 10.1. The van der Waals surface area contributed by atoms with Crippen molar-refractivity contribution in [2.45, 2.75) is 13.5 Å². The van der Waals surface area contributed by atoms with Crippen LogP contribution in [0.15, 0.2) is 66.4 Å². The topological polar surface area (TPSA) is 80.3 Å². The molecule has 0 bridgehead atoms. The van der Waals surface area contributed by atoms with E-state index in [2.05, 4.69) is 0 Å². The van der Waals surface area contributed by atoms with E-state index < -0.39 is 5.97 Å². The predicted molar refractivity (Wildman–Crippen MR) is 125 cm³/mol. The van der Waals surface area contributed by atoms with E-state index in [1.54, 1.807) is 57.6 Å². The lowest BCUT2D eigenvalue weighted by atomic mass is 10.1. The second-order valence-corrected chi connectivity index (χ2v) is 7.55. The first kappa shape index (κ1) is 22.9. The number of ether oxygens (including phenoxy) is 5. The number of ketones is 1. The Morgan fingerprint density at radius 3 is 2.41 bits per heavy atom. The molecule has 3 aromatic carbocycles. The Balaban J connectivity index is 1.44. The number of esters is 1. The first-order chi connectivity index (χ1) is 16.5. The molecular formula is C27H24O7. The Morgan fingerprint density at radius 1 is 0.941 bits per heavy atom. The van der Waals surface area contributed by atoms with Crippen molar-refractivity contribution >= 4 is 17.8 Å². The minimum Gasteiger partial charge on any atom is -0.493 e. The summed E-state index contributed by atoms with van der Waals surface area (Å²) in [6.45, 7) is 1.69. The molecule has 4 rings (SSSR count). The Kier molecular flexibility index (Phi) is 6.82. The van der Waals surface area contributed by atoms with Crippen LogP contribution < -0.4 is 18.9 Å². The fraction of sp³-hybridized carbons (Fsp3) is 0.185.